The summed E-state index contributed by atoms with van der Waals surface area (Å²) < 4.78 is 6.11. The Morgan fingerprint density at radius 3 is 2.65 bits per heavy atom. The van der Waals surface area contributed by atoms with E-state index in [1.165, 1.54) is 19.3 Å². The van der Waals surface area contributed by atoms with Crippen LogP contribution in [0.25, 0.3) is 0 Å². The first-order valence-corrected chi connectivity index (χ1v) is 9.26. The van der Waals surface area contributed by atoms with Crippen LogP contribution >= 0.6 is 0 Å². The van der Waals surface area contributed by atoms with Crippen molar-refractivity contribution >= 4 is 5.84 Å². The molecule has 1 aromatic heterocycles. The largest absolute Gasteiger partial charge is 0.438 e. The van der Waals surface area contributed by atoms with Crippen molar-refractivity contribution in [1.82, 2.24) is 9.88 Å². The Balaban J connectivity index is 1.91. The molecule has 2 aromatic rings. The second-order valence-electron chi connectivity index (χ2n) is 6.98. The summed E-state index contributed by atoms with van der Waals surface area (Å²) >= 11 is 0. The smallest absolute Gasteiger partial charge is 0.230 e. The number of nitrogens with zero attached hydrogens (tertiary/aromatic N) is 3. The van der Waals surface area contributed by atoms with Crippen molar-refractivity contribution in [2.75, 3.05) is 7.05 Å². The first-order valence-electron chi connectivity index (χ1n) is 9.26. The van der Waals surface area contributed by atoms with Crippen LogP contribution in [-0.4, -0.2) is 34.0 Å². The molecule has 138 valence electrons. The van der Waals surface area contributed by atoms with Crippen LogP contribution in [0.15, 0.2) is 41.7 Å². The van der Waals surface area contributed by atoms with Gasteiger partial charge in [-0.05, 0) is 56.0 Å². The lowest BCUT2D eigenvalue weighted by atomic mass is 9.94. The molecule has 26 heavy (non-hydrogen) atoms. The highest BCUT2D eigenvalue weighted by Crippen LogP contribution is 2.30. The van der Waals surface area contributed by atoms with Crippen molar-refractivity contribution in [3.05, 3.63) is 53.2 Å². The molecule has 0 unspecified atom stereocenters. The van der Waals surface area contributed by atoms with Gasteiger partial charge in [0, 0.05) is 19.3 Å². The third-order valence-corrected chi connectivity index (χ3v) is 5.32. The maximum absolute atomic E-state index is 9.73. The number of aromatic nitrogens is 1. The van der Waals surface area contributed by atoms with Gasteiger partial charge in [0.1, 0.15) is 5.75 Å². The topological polar surface area (TPSA) is 58.0 Å². The molecule has 0 saturated heterocycles. The van der Waals surface area contributed by atoms with Crippen LogP contribution < -0.4 is 4.74 Å². The number of oxime groups is 1. The second kappa shape index (κ2) is 8.21. The van der Waals surface area contributed by atoms with Gasteiger partial charge >= 0.3 is 0 Å². The van der Waals surface area contributed by atoms with Crippen LogP contribution in [0.5, 0.6) is 11.6 Å². The summed E-state index contributed by atoms with van der Waals surface area (Å²) in [6.45, 7) is 4.08. The van der Waals surface area contributed by atoms with Crippen molar-refractivity contribution in [2.24, 2.45) is 5.16 Å². The fraction of sp³-hybridized carbons (Fsp3) is 0.429. The quantitative estimate of drug-likeness (QED) is 0.368. The lowest BCUT2D eigenvalue weighted by Gasteiger charge is -2.33. The van der Waals surface area contributed by atoms with E-state index in [4.69, 9.17) is 4.74 Å². The maximum Gasteiger partial charge on any atom is 0.230 e. The number of hydrogen-bond donors (Lipinski definition) is 1. The molecular formula is C21H27N3O2. The van der Waals surface area contributed by atoms with Gasteiger partial charge in [-0.25, -0.2) is 4.98 Å². The Bertz CT molecular complexity index is 783. The van der Waals surface area contributed by atoms with E-state index in [2.05, 4.69) is 28.0 Å². The number of hydrogen-bond acceptors (Lipinski definition) is 4. The number of rotatable bonds is 4. The van der Waals surface area contributed by atoms with Gasteiger partial charge in [0.15, 0.2) is 5.84 Å². The van der Waals surface area contributed by atoms with Gasteiger partial charge in [0.2, 0.25) is 5.88 Å². The molecule has 1 aliphatic rings. The van der Waals surface area contributed by atoms with Gasteiger partial charge in [0.25, 0.3) is 0 Å². The third kappa shape index (κ3) is 3.82. The molecule has 1 aromatic carbocycles. The van der Waals surface area contributed by atoms with Crippen LogP contribution in [-0.2, 0) is 0 Å². The molecule has 0 bridgehead atoms. The summed E-state index contributed by atoms with van der Waals surface area (Å²) in [7, 11) is 1.99. The van der Waals surface area contributed by atoms with E-state index in [-0.39, 0.29) is 0 Å². The molecule has 1 aliphatic carbocycles. The molecule has 3 rings (SSSR count). The third-order valence-electron chi connectivity index (χ3n) is 5.32. The van der Waals surface area contributed by atoms with Gasteiger partial charge in [-0.15, -0.1) is 0 Å². The Hall–Kier alpha value is -2.56. The van der Waals surface area contributed by atoms with Crippen molar-refractivity contribution < 1.29 is 9.94 Å². The zero-order valence-corrected chi connectivity index (χ0v) is 15.8. The highest BCUT2D eigenvalue weighted by molar-refractivity contribution is 6.00. The molecule has 1 N–H and O–H groups in total. The first-order chi connectivity index (χ1) is 12.6. The van der Waals surface area contributed by atoms with Crippen LogP contribution in [0.2, 0.25) is 0 Å². The van der Waals surface area contributed by atoms with Crippen molar-refractivity contribution in [3.63, 3.8) is 0 Å². The van der Waals surface area contributed by atoms with Crippen molar-refractivity contribution in [3.8, 4) is 11.6 Å². The summed E-state index contributed by atoms with van der Waals surface area (Å²) in [5, 5.41) is 13.3. The molecule has 1 saturated carbocycles. The van der Waals surface area contributed by atoms with Crippen LogP contribution in [0.4, 0.5) is 0 Å². The first kappa shape index (κ1) is 18.2. The molecule has 0 amide bonds. The predicted octanol–water partition coefficient (Wildman–Crippen LogP) is 4.89. The minimum atomic E-state index is 0.378. The van der Waals surface area contributed by atoms with Crippen LogP contribution in [0.3, 0.4) is 0 Å². The Morgan fingerprint density at radius 2 is 1.92 bits per heavy atom. The van der Waals surface area contributed by atoms with E-state index in [1.54, 1.807) is 6.20 Å². The number of pyridine rings is 1. The SMILES string of the molecule is Cc1cccc(Oc2ncccc2/C(=N/O)N(C)C2CCCCC2)c1C. The number of aryl methyl sites for hydroxylation is 1. The highest BCUT2D eigenvalue weighted by atomic mass is 16.5. The molecule has 0 aliphatic heterocycles. The van der Waals surface area contributed by atoms with E-state index in [0.29, 0.717) is 23.3 Å². The fourth-order valence-electron chi connectivity index (χ4n) is 3.54. The minimum absolute atomic E-state index is 0.378. The highest BCUT2D eigenvalue weighted by Gasteiger charge is 2.25. The van der Waals surface area contributed by atoms with E-state index in [0.717, 1.165) is 29.7 Å². The average molecular weight is 353 g/mol. The second-order valence-corrected chi connectivity index (χ2v) is 6.98. The average Bonchev–Trinajstić information content (AvgIpc) is 2.68. The van der Waals surface area contributed by atoms with E-state index in [1.807, 2.05) is 38.2 Å². The zero-order chi connectivity index (χ0) is 18.5. The van der Waals surface area contributed by atoms with Gasteiger partial charge in [-0.1, -0.05) is 36.6 Å². The number of benzene rings is 1. The molecule has 0 atom stereocenters. The summed E-state index contributed by atoms with van der Waals surface area (Å²) in [5.41, 5.74) is 2.94. The fourth-order valence-corrected chi connectivity index (χ4v) is 3.54. The van der Waals surface area contributed by atoms with Gasteiger partial charge in [-0.3, -0.25) is 0 Å². The monoisotopic (exact) mass is 353 g/mol. The van der Waals surface area contributed by atoms with Crippen LogP contribution in [0, 0.1) is 13.8 Å². The summed E-state index contributed by atoms with van der Waals surface area (Å²) in [6, 6.07) is 10.1. The lowest BCUT2D eigenvalue weighted by Crippen LogP contribution is -2.39. The Kier molecular flexibility index (Phi) is 5.76. The van der Waals surface area contributed by atoms with Gasteiger partial charge < -0.3 is 14.8 Å². The minimum Gasteiger partial charge on any atom is -0.438 e. The molecule has 5 heteroatoms. The standard InChI is InChI=1S/C21H27N3O2/c1-15-9-7-13-19(16(15)2)26-21-18(12-8-14-22-21)20(23-25)24(3)17-10-5-4-6-11-17/h7-9,12-14,17,25H,4-6,10-11H2,1-3H3/b23-20-. The molecule has 0 radical (unpaired) electrons. The van der Waals surface area contributed by atoms with E-state index in [9.17, 15) is 5.21 Å². The summed E-state index contributed by atoms with van der Waals surface area (Å²) in [6.07, 6.45) is 7.63. The lowest BCUT2D eigenvalue weighted by molar-refractivity contribution is 0.256. The molecule has 0 spiro atoms. The van der Waals surface area contributed by atoms with Crippen molar-refractivity contribution in [1.29, 1.82) is 0 Å². The van der Waals surface area contributed by atoms with Gasteiger partial charge in [0.05, 0.1) is 5.56 Å². The molecule has 1 fully saturated rings. The van der Waals surface area contributed by atoms with Crippen LogP contribution in [0.1, 0.15) is 48.8 Å². The summed E-state index contributed by atoms with van der Waals surface area (Å²) in [5.74, 6) is 1.73. The maximum atomic E-state index is 9.73. The van der Waals surface area contributed by atoms with E-state index < -0.39 is 0 Å². The molecular weight excluding hydrogens is 326 g/mol. The molecule has 5 nitrogen and oxygen atoms in total. The summed E-state index contributed by atoms with van der Waals surface area (Å²) in [4.78, 5) is 6.46. The predicted molar refractivity (Wildman–Crippen MR) is 103 cm³/mol. The number of amidine groups is 1. The molecule has 1 heterocycles. The Morgan fingerprint density at radius 1 is 1.15 bits per heavy atom. The van der Waals surface area contributed by atoms with Crippen molar-refractivity contribution in [2.45, 2.75) is 52.0 Å². The number of ether oxygens (including phenoxy) is 1. The zero-order valence-electron chi connectivity index (χ0n) is 15.8. The van der Waals surface area contributed by atoms with E-state index >= 15 is 0 Å². The van der Waals surface area contributed by atoms with Gasteiger partial charge in [-0.2, -0.15) is 0 Å². The normalized spacial score (nSPS) is 15.7. The Labute approximate surface area is 155 Å².